The van der Waals surface area contributed by atoms with Crippen LogP contribution in [0.2, 0.25) is 0 Å². The van der Waals surface area contributed by atoms with Gasteiger partial charge in [0.2, 0.25) is 0 Å². The van der Waals surface area contributed by atoms with Crippen LogP contribution in [0.1, 0.15) is 5.56 Å². The number of benzene rings is 3. The number of thioether (sulfide) groups is 1. The lowest BCUT2D eigenvalue weighted by Crippen LogP contribution is -2.28. The standard InChI is InChI=1S/C23H18N2O3S/c1-28-20-14-16(12-13-19(20)26)15-21-22(27)25(18-10-6-3-7-11-18)23(29-21)24-17-8-4-2-5-9-17/h2-15,26H,1H3/b21-15-,24-23-. The minimum atomic E-state index is -0.150. The van der Waals surface area contributed by atoms with Crippen LogP contribution in [0, 0.1) is 0 Å². The average Bonchev–Trinajstić information content (AvgIpc) is 3.05. The van der Waals surface area contributed by atoms with Crippen LogP contribution in [-0.2, 0) is 4.79 Å². The molecule has 1 amide bonds. The van der Waals surface area contributed by atoms with Crippen LogP contribution in [0.5, 0.6) is 11.5 Å². The van der Waals surface area contributed by atoms with Crippen LogP contribution in [0.15, 0.2) is 88.8 Å². The largest absolute Gasteiger partial charge is 0.504 e. The molecule has 3 aromatic rings. The van der Waals surface area contributed by atoms with E-state index in [1.807, 2.05) is 60.7 Å². The number of phenols is 1. The molecule has 4 rings (SSSR count). The maximum absolute atomic E-state index is 13.2. The van der Waals surface area contributed by atoms with Gasteiger partial charge in [0.1, 0.15) is 0 Å². The number of amides is 1. The molecular formula is C23H18N2O3S. The monoisotopic (exact) mass is 402 g/mol. The van der Waals surface area contributed by atoms with E-state index in [0.29, 0.717) is 15.8 Å². The van der Waals surface area contributed by atoms with Crippen LogP contribution in [0.25, 0.3) is 6.08 Å². The Morgan fingerprint density at radius 2 is 1.69 bits per heavy atom. The highest BCUT2D eigenvalue weighted by atomic mass is 32.2. The Labute approximate surface area is 173 Å². The molecule has 1 aliphatic rings. The first-order valence-electron chi connectivity index (χ1n) is 8.95. The second-order valence-corrected chi connectivity index (χ2v) is 7.26. The summed E-state index contributed by atoms with van der Waals surface area (Å²) >= 11 is 1.31. The smallest absolute Gasteiger partial charge is 0.271 e. The molecular weight excluding hydrogens is 384 g/mol. The number of amidine groups is 1. The van der Waals surface area contributed by atoms with Crippen LogP contribution in [0.3, 0.4) is 0 Å². The Morgan fingerprint density at radius 1 is 1.00 bits per heavy atom. The van der Waals surface area contributed by atoms with Crippen molar-refractivity contribution in [2.75, 3.05) is 12.0 Å². The molecule has 0 saturated carbocycles. The van der Waals surface area contributed by atoms with Gasteiger partial charge in [-0.25, -0.2) is 4.99 Å². The van der Waals surface area contributed by atoms with Gasteiger partial charge in [0.15, 0.2) is 16.7 Å². The predicted molar refractivity (Wildman–Crippen MR) is 118 cm³/mol. The summed E-state index contributed by atoms with van der Waals surface area (Å²) in [7, 11) is 1.49. The van der Waals surface area contributed by atoms with E-state index in [9.17, 15) is 9.90 Å². The van der Waals surface area contributed by atoms with Gasteiger partial charge in [0, 0.05) is 0 Å². The first-order valence-corrected chi connectivity index (χ1v) is 9.77. The number of para-hydroxylation sites is 2. The van der Waals surface area contributed by atoms with Crippen molar-refractivity contribution in [3.05, 3.63) is 89.3 Å². The second-order valence-electron chi connectivity index (χ2n) is 6.25. The molecule has 1 aliphatic heterocycles. The topological polar surface area (TPSA) is 62.1 Å². The van der Waals surface area contributed by atoms with Crippen LogP contribution in [0.4, 0.5) is 11.4 Å². The fraction of sp³-hybridized carbons (Fsp3) is 0.0435. The number of aliphatic imine (C=N–C) groups is 1. The summed E-state index contributed by atoms with van der Waals surface area (Å²) in [5.74, 6) is 0.258. The van der Waals surface area contributed by atoms with E-state index in [4.69, 9.17) is 4.74 Å². The maximum Gasteiger partial charge on any atom is 0.271 e. The van der Waals surface area contributed by atoms with Gasteiger partial charge in [-0.3, -0.25) is 9.69 Å². The van der Waals surface area contributed by atoms with Gasteiger partial charge in [-0.15, -0.1) is 0 Å². The highest BCUT2D eigenvalue weighted by Gasteiger charge is 2.34. The normalized spacial score (nSPS) is 16.6. The molecule has 5 nitrogen and oxygen atoms in total. The fourth-order valence-electron chi connectivity index (χ4n) is 2.90. The van der Waals surface area contributed by atoms with Crippen molar-refractivity contribution in [1.29, 1.82) is 0 Å². The van der Waals surface area contributed by atoms with E-state index in [1.165, 1.54) is 18.9 Å². The number of hydrogen-bond acceptors (Lipinski definition) is 5. The van der Waals surface area contributed by atoms with Gasteiger partial charge >= 0.3 is 0 Å². The van der Waals surface area contributed by atoms with Gasteiger partial charge in [-0.2, -0.15) is 0 Å². The van der Waals surface area contributed by atoms with Gasteiger partial charge in [0.25, 0.3) is 5.91 Å². The van der Waals surface area contributed by atoms with Crippen molar-refractivity contribution >= 4 is 40.3 Å². The number of phenolic OH excluding ortho intramolecular Hbond substituents is 1. The SMILES string of the molecule is COc1cc(/C=C2\S/C(=N\c3ccccc3)N(c3ccccc3)C2=O)ccc1O. The molecule has 1 fully saturated rings. The third-order valence-electron chi connectivity index (χ3n) is 4.30. The van der Waals surface area contributed by atoms with Crippen molar-refractivity contribution < 1.29 is 14.6 Å². The molecule has 0 aliphatic carbocycles. The van der Waals surface area contributed by atoms with Gasteiger partial charge in [-0.1, -0.05) is 42.5 Å². The Kier molecular flexibility index (Phi) is 5.35. The van der Waals surface area contributed by atoms with E-state index in [1.54, 1.807) is 29.2 Å². The zero-order chi connectivity index (χ0) is 20.2. The lowest BCUT2D eigenvalue weighted by Gasteiger charge is -2.15. The number of aromatic hydroxyl groups is 1. The number of ether oxygens (including phenoxy) is 1. The number of anilines is 1. The van der Waals surface area contributed by atoms with E-state index in [2.05, 4.69) is 4.99 Å². The Morgan fingerprint density at radius 3 is 2.38 bits per heavy atom. The van der Waals surface area contributed by atoms with Crippen molar-refractivity contribution in [3.8, 4) is 11.5 Å². The first-order chi connectivity index (χ1) is 14.2. The Bertz CT molecular complexity index is 1100. The molecule has 0 unspecified atom stereocenters. The highest BCUT2D eigenvalue weighted by molar-refractivity contribution is 8.19. The van der Waals surface area contributed by atoms with E-state index < -0.39 is 0 Å². The minimum absolute atomic E-state index is 0.0530. The van der Waals surface area contributed by atoms with Gasteiger partial charge in [-0.05, 0) is 59.8 Å². The number of carbonyl (C=O) groups excluding carboxylic acids is 1. The molecule has 3 aromatic carbocycles. The summed E-state index contributed by atoms with van der Waals surface area (Å²) in [6.07, 6.45) is 1.78. The second kappa shape index (κ2) is 8.24. The molecule has 144 valence electrons. The number of hydrogen-bond donors (Lipinski definition) is 1. The lowest BCUT2D eigenvalue weighted by molar-refractivity contribution is -0.113. The Hall–Kier alpha value is -3.51. The molecule has 0 bridgehead atoms. The predicted octanol–water partition coefficient (Wildman–Crippen LogP) is 5.21. The molecule has 0 radical (unpaired) electrons. The molecule has 6 heteroatoms. The minimum Gasteiger partial charge on any atom is -0.504 e. The molecule has 0 aromatic heterocycles. The zero-order valence-electron chi connectivity index (χ0n) is 15.6. The summed E-state index contributed by atoms with van der Waals surface area (Å²) in [6.45, 7) is 0. The summed E-state index contributed by atoms with van der Waals surface area (Å²) in [5, 5.41) is 10.4. The number of rotatable bonds is 4. The molecule has 1 heterocycles. The van der Waals surface area contributed by atoms with Gasteiger partial charge < -0.3 is 9.84 Å². The third kappa shape index (κ3) is 4.02. The summed E-state index contributed by atoms with van der Waals surface area (Å²) < 4.78 is 5.16. The zero-order valence-corrected chi connectivity index (χ0v) is 16.5. The first kappa shape index (κ1) is 18.8. The summed E-state index contributed by atoms with van der Waals surface area (Å²) in [6, 6.07) is 24.0. The number of carbonyl (C=O) groups is 1. The molecule has 0 spiro atoms. The van der Waals surface area contributed by atoms with Crippen LogP contribution < -0.4 is 9.64 Å². The van der Waals surface area contributed by atoms with E-state index in [0.717, 1.165) is 16.9 Å². The molecule has 0 atom stereocenters. The van der Waals surface area contributed by atoms with Crippen molar-refractivity contribution in [1.82, 2.24) is 0 Å². The van der Waals surface area contributed by atoms with Gasteiger partial charge in [0.05, 0.1) is 23.4 Å². The highest BCUT2D eigenvalue weighted by Crippen LogP contribution is 2.38. The number of methoxy groups -OCH3 is 1. The van der Waals surface area contributed by atoms with Crippen LogP contribution >= 0.6 is 11.8 Å². The van der Waals surface area contributed by atoms with E-state index in [-0.39, 0.29) is 11.7 Å². The average molecular weight is 402 g/mol. The van der Waals surface area contributed by atoms with Crippen LogP contribution in [-0.4, -0.2) is 23.3 Å². The Balaban J connectivity index is 1.76. The molecule has 1 N–H and O–H groups in total. The molecule has 1 saturated heterocycles. The van der Waals surface area contributed by atoms with E-state index >= 15 is 0 Å². The maximum atomic E-state index is 13.2. The fourth-order valence-corrected chi connectivity index (χ4v) is 3.90. The quantitative estimate of drug-likeness (QED) is 0.609. The van der Waals surface area contributed by atoms with Crippen molar-refractivity contribution in [2.24, 2.45) is 4.99 Å². The van der Waals surface area contributed by atoms with Crippen molar-refractivity contribution in [3.63, 3.8) is 0 Å². The summed E-state index contributed by atoms with van der Waals surface area (Å²) in [4.78, 5) is 20.0. The summed E-state index contributed by atoms with van der Waals surface area (Å²) in [5.41, 5.74) is 2.28. The third-order valence-corrected chi connectivity index (χ3v) is 5.27. The molecule has 29 heavy (non-hydrogen) atoms. The lowest BCUT2D eigenvalue weighted by atomic mass is 10.2. The number of nitrogens with zero attached hydrogens (tertiary/aromatic N) is 2. The van der Waals surface area contributed by atoms with Crippen molar-refractivity contribution in [2.45, 2.75) is 0 Å².